The lowest BCUT2D eigenvalue weighted by Crippen LogP contribution is -2.28. The van der Waals surface area contributed by atoms with E-state index in [4.69, 9.17) is 4.42 Å². The molecule has 7 heteroatoms. The molecule has 3 aromatic rings. The molecule has 0 spiro atoms. The van der Waals surface area contributed by atoms with Gasteiger partial charge in [0.05, 0.1) is 13.7 Å². The first-order valence-corrected chi connectivity index (χ1v) is 7.96. The van der Waals surface area contributed by atoms with Gasteiger partial charge in [-0.25, -0.2) is 4.79 Å². The van der Waals surface area contributed by atoms with E-state index in [2.05, 4.69) is 9.72 Å². The zero-order valence-electron chi connectivity index (χ0n) is 14.7. The summed E-state index contributed by atoms with van der Waals surface area (Å²) < 4.78 is 10.2. The first-order chi connectivity index (χ1) is 12.4. The third-order valence-electron chi connectivity index (χ3n) is 4.10. The van der Waals surface area contributed by atoms with Crippen LogP contribution in [0.3, 0.4) is 0 Å². The smallest absolute Gasteiger partial charge is 0.341 e. The summed E-state index contributed by atoms with van der Waals surface area (Å²) in [4.78, 5) is 40.5. The minimum Gasteiger partial charge on any atom is -0.465 e. The number of furan rings is 1. The molecule has 0 bridgehead atoms. The lowest BCUT2D eigenvalue weighted by atomic mass is 10.1. The number of H-pyrrole nitrogens is 1. The van der Waals surface area contributed by atoms with Crippen molar-refractivity contribution in [3.63, 3.8) is 0 Å². The Bertz CT molecular complexity index is 1050. The summed E-state index contributed by atoms with van der Waals surface area (Å²) in [5, 5.41) is 1.21. The Hall–Kier alpha value is -3.35. The van der Waals surface area contributed by atoms with Crippen LogP contribution >= 0.6 is 0 Å². The topological polar surface area (TPSA) is 92.6 Å². The van der Waals surface area contributed by atoms with Gasteiger partial charge in [0.25, 0.3) is 11.5 Å². The number of fused-ring (bicyclic) bond motifs is 1. The van der Waals surface area contributed by atoms with Crippen LogP contribution in [0, 0.1) is 6.92 Å². The van der Waals surface area contributed by atoms with Gasteiger partial charge in [0.2, 0.25) is 0 Å². The number of benzene rings is 1. The summed E-state index contributed by atoms with van der Waals surface area (Å²) in [6.07, 6.45) is 0. The molecule has 3 rings (SSSR count). The molecule has 0 aliphatic rings. The fraction of sp³-hybridized carbons (Fsp3) is 0.211. The highest BCUT2D eigenvalue weighted by atomic mass is 16.5. The van der Waals surface area contributed by atoms with E-state index < -0.39 is 5.97 Å². The van der Waals surface area contributed by atoms with Crippen molar-refractivity contribution >= 4 is 22.6 Å². The van der Waals surface area contributed by atoms with Gasteiger partial charge >= 0.3 is 5.97 Å². The number of nitrogens with one attached hydrogen (secondary N) is 1. The first-order valence-electron chi connectivity index (χ1n) is 7.96. The maximum absolute atomic E-state index is 12.6. The minimum absolute atomic E-state index is 0.144. The average molecular weight is 354 g/mol. The molecule has 0 radical (unpaired) electrons. The Kier molecular flexibility index (Phi) is 4.62. The van der Waals surface area contributed by atoms with E-state index in [0.29, 0.717) is 27.9 Å². The number of methoxy groups -OCH3 is 1. The number of aromatic amines is 1. The third kappa shape index (κ3) is 3.23. The second-order valence-corrected chi connectivity index (χ2v) is 5.93. The van der Waals surface area contributed by atoms with Crippen LogP contribution in [0.15, 0.2) is 45.6 Å². The Morgan fingerprint density at radius 1 is 1.23 bits per heavy atom. The lowest BCUT2D eigenvalue weighted by Gasteiger charge is -2.15. The van der Waals surface area contributed by atoms with Gasteiger partial charge in [-0.05, 0) is 30.5 Å². The molecule has 2 aromatic heterocycles. The molecule has 0 saturated carbocycles. The van der Waals surface area contributed by atoms with E-state index in [9.17, 15) is 14.4 Å². The molecule has 2 heterocycles. The number of pyridine rings is 1. The van der Waals surface area contributed by atoms with Crippen molar-refractivity contribution in [3.8, 4) is 0 Å². The summed E-state index contributed by atoms with van der Waals surface area (Å²) in [5.74, 6) is 0.0144. The van der Waals surface area contributed by atoms with Crippen molar-refractivity contribution in [3.05, 3.63) is 69.5 Å². The van der Waals surface area contributed by atoms with Gasteiger partial charge < -0.3 is 19.0 Å². The van der Waals surface area contributed by atoms with Crippen LogP contribution in [0.1, 0.15) is 32.4 Å². The van der Waals surface area contributed by atoms with Crippen LogP contribution in [0.25, 0.3) is 10.8 Å². The molecule has 0 saturated heterocycles. The quantitative estimate of drug-likeness (QED) is 0.727. The van der Waals surface area contributed by atoms with Gasteiger partial charge in [-0.3, -0.25) is 9.59 Å². The number of aromatic nitrogens is 1. The Balaban J connectivity index is 1.84. The maximum Gasteiger partial charge on any atom is 0.341 e. The highest BCUT2D eigenvalue weighted by Gasteiger charge is 2.19. The predicted octanol–water partition coefficient (Wildman–Crippen LogP) is 2.49. The Morgan fingerprint density at radius 2 is 1.96 bits per heavy atom. The number of carbonyl (C=O) groups excluding carboxylic acids is 2. The van der Waals surface area contributed by atoms with Crippen LogP contribution in [0.5, 0.6) is 0 Å². The monoisotopic (exact) mass is 354 g/mol. The highest BCUT2D eigenvalue weighted by molar-refractivity contribution is 5.96. The Labute approximate surface area is 149 Å². The van der Waals surface area contributed by atoms with E-state index in [0.717, 1.165) is 0 Å². The molecular weight excluding hydrogens is 336 g/mol. The molecule has 7 nitrogen and oxygen atoms in total. The lowest BCUT2D eigenvalue weighted by molar-refractivity contribution is 0.0598. The third-order valence-corrected chi connectivity index (χ3v) is 4.10. The number of ether oxygens (including phenoxy) is 1. The fourth-order valence-corrected chi connectivity index (χ4v) is 2.77. The number of esters is 1. The van der Waals surface area contributed by atoms with Crippen LogP contribution in [-0.2, 0) is 11.3 Å². The van der Waals surface area contributed by atoms with Crippen molar-refractivity contribution in [1.82, 2.24) is 9.88 Å². The second-order valence-electron chi connectivity index (χ2n) is 5.93. The molecule has 0 aliphatic carbocycles. The summed E-state index contributed by atoms with van der Waals surface area (Å²) in [6.45, 7) is 1.80. The summed E-state index contributed by atoms with van der Waals surface area (Å²) in [7, 11) is 2.88. The zero-order chi connectivity index (χ0) is 18.8. The number of hydrogen-bond acceptors (Lipinski definition) is 5. The number of aryl methyl sites for hydroxylation is 1. The average Bonchev–Trinajstić information content (AvgIpc) is 3.00. The standard InChI is InChI=1S/C19H18N2O5/c1-11-15(19(24)25-3)9-13(26-11)10-21(2)18(23)16-8-12-6-4-5-7-14(12)17(22)20-16/h4-9H,10H2,1-3H3,(H,20,22). The van der Waals surface area contributed by atoms with Crippen molar-refractivity contribution in [2.45, 2.75) is 13.5 Å². The number of nitrogens with zero attached hydrogens (tertiary/aromatic N) is 1. The number of carbonyl (C=O) groups is 2. The van der Waals surface area contributed by atoms with Crippen molar-refractivity contribution in [1.29, 1.82) is 0 Å². The second kappa shape index (κ2) is 6.87. The van der Waals surface area contributed by atoms with E-state index in [1.165, 1.54) is 12.0 Å². The summed E-state index contributed by atoms with van der Waals surface area (Å²) >= 11 is 0. The van der Waals surface area contributed by atoms with Crippen molar-refractivity contribution in [2.75, 3.05) is 14.2 Å². The number of rotatable bonds is 4. The van der Waals surface area contributed by atoms with Gasteiger partial charge in [0, 0.05) is 12.4 Å². The predicted molar refractivity (Wildman–Crippen MR) is 95.2 cm³/mol. The highest BCUT2D eigenvalue weighted by Crippen LogP contribution is 2.18. The zero-order valence-corrected chi connectivity index (χ0v) is 14.7. The summed E-state index contributed by atoms with van der Waals surface area (Å²) in [5.41, 5.74) is 0.191. The van der Waals surface area contributed by atoms with Crippen LogP contribution < -0.4 is 5.56 Å². The SMILES string of the molecule is COC(=O)c1cc(CN(C)C(=O)c2cc3ccccc3c(=O)[nH]2)oc1C. The molecule has 26 heavy (non-hydrogen) atoms. The van der Waals surface area contributed by atoms with E-state index in [1.807, 2.05) is 0 Å². The van der Waals surface area contributed by atoms with E-state index in [-0.39, 0.29) is 23.7 Å². The van der Waals surface area contributed by atoms with Gasteiger partial charge in [-0.2, -0.15) is 0 Å². The molecular formula is C19H18N2O5. The van der Waals surface area contributed by atoms with Crippen LogP contribution in [-0.4, -0.2) is 35.9 Å². The number of amides is 1. The molecule has 134 valence electrons. The van der Waals surface area contributed by atoms with Gasteiger partial charge in [0.1, 0.15) is 22.8 Å². The Morgan fingerprint density at radius 3 is 2.69 bits per heavy atom. The fourth-order valence-electron chi connectivity index (χ4n) is 2.77. The largest absolute Gasteiger partial charge is 0.465 e. The van der Waals surface area contributed by atoms with E-state index >= 15 is 0 Å². The molecule has 0 atom stereocenters. The van der Waals surface area contributed by atoms with Crippen molar-refractivity contribution in [2.24, 2.45) is 0 Å². The minimum atomic E-state index is -0.495. The van der Waals surface area contributed by atoms with Crippen LogP contribution in [0.2, 0.25) is 0 Å². The molecule has 0 unspecified atom stereocenters. The van der Waals surface area contributed by atoms with Gasteiger partial charge in [-0.1, -0.05) is 18.2 Å². The first kappa shape index (κ1) is 17.5. The molecule has 0 fully saturated rings. The van der Waals surface area contributed by atoms with Gasteiger partial charge in [-0.15, -0.1) is 0 Å². The van der Waals surface area contributed by atoms with Crippen molar-refractivity contribution < 1.29 is 18.7 Å². The molecule has 1 N–H and O–H groups in total. The van der Waals surface area contributed by atoms with Gasteiger partial charge in [0.15, 0.2) is 0 Å². The molecule has 1 aromatic carbocycles. The van der Waals surface area contributed by atoms with E-state index in [1.54, 1.807) is 50.4 Å². The molecule has 0 aliphatic heterocycles. The normalized spacial score (nSPS) is 10.7. The maximum atomic E-state index is 12.6. The summed E-state index contributed by atoms with van der Waals surface area (Å²) in [6, 6.07) is 10.2. The van der Waals surface area contributed by atoms with Crippen LogP contribution in [0.4, 0.5) is 0 Å². The number of hydrogen-bond donors (Lipinski definition) is 1. The molecule has 1 amide bonds.